The minimum Gasteiger partial charge on any atom is -0.497 e. The molecule has 0 aliphatic carbocycles. The van der Waals surface area contributed by atoms with Crippen molar-refractivity contribution in [2.24, 2.45) is 4.99 Å². The third kappa shape index (κ3) is 4.34. The van der Waals surface area contributed by atoms with Gasteiger partial charge in [0.2, 0.25) is 0 Å². The van der Waals surface area contributed by atoms with Crippen molar-refractivity contribution in [2.45, 2.75) is 13.3 Å². The van der Waals surface area contributed by atoms with Crippen molar-refractivity contribution in [1.82, 2.24) is 4.90 Å². The summed E-state index contributed by atoms with van der Waals surface area (Å²) in [4.78, 5) is 20.0. The van der Waals surface area contributed by atoms with E-state index in [9.17, 15) is 4.79 Å². The largest absolute Gasteiger partial charge is 0.497 e. The highest BCUT2D eigenvalue weighted by atomic mass is 32.2. The van der Waals surface area contributed by atoms with E-state index in [1.165, 1.54) is 11.8 Å². The molecule has 1 aliphatic heterocycles. The number of nitrogens with zero attached hydrogens (tertiary/aromatic N) is 2. The molecule has 6 heteroatoms. The lowest BCUT2D eigenvalue weighted by molar-refractivity contribution is -0.122. The van der Waals surface area contributed by atoms with Crippen LogP contribution in [-0.4, -0.2) is 36.7 Å². The van der Waals surface area contributed by atoms with Crippen LogP contribution in [0, 0.1) is 0 Å². The molecule has 140 valence electrons. The minimum absolute atomic E-state index is 0.0404. The molecule has 0 atom stereocenters. The Labute approximate surface area is 163 Å². The summed E-state index contributed by atoms with van der Waals surface area (Å²) in [7, 11) is 3.22. The molecule has 2 aromatic carbocycles. The topological polar surface area (TPSA) is 51.1 Å². The van der Waals surface area contributed by atoms with Gasteiger partial charge in [-0.2, -0.15) is 0 Å². The Morgan fingerprint density at radius 2 is 1.89 bits per heavy atom. The fourth-order valence-electron chi connectivity index (χ4n) is 2.72. The van der Waals surface area contributed by atoms with Crippen LogP contribution >= 0.6 is 11.8 Å². The van der Waals surface area contributed by atoms with Crippen LogP contribution in [0.5, 0.6) is 11.5 Å². The molecule has 0 saturated carbocycles. The second-order valence-electron chi connectivity index (χ2n) is 5.91. The second-order valence-corrected chi connectivity index (χ2v) is 6.91. The van der Waals surface area contributed by atoms with E-state index in [4.69, 9.17) is 9.47 Å². The van der Waals surface area contributed by atoms with Crippen LogP contribution in [0.2, 0.25) is 0 Å². The lowest BCUT2D eigenvalue weighted by Gasteiger charge is -2.13. The molecule has 3 rings (SSSR count). The Kier molecular flexibility index (Phi) is 6.19. The van der Waals surface area contributed by atoms with Crippen LogP contribution in [0.3, 0.4) is 0 Å². The molecule has 2 aromatic rings. The number of amides is 1. The summed E-state index contributed by atoms with van der Waals surface area (Å²) >= 11 is 1.38. The van der Waals surface area contributed by atoms with Gasteiger partial charge in [-0.15, -0.1) is 0 Å². The molecule has 1 fully saturated rings. The summed E-state index contributed by atoms with van der Waals surface area (Å²) in [6.07, 6.45) is 2.69. The van der Waals surface area contributed by atoms with Crippen LogP contribution in [-0.2, 0) is 4.79 Å². The van der Waals surface area contributed by atoms with Crippen LogP contribution < -0.4 is 9.47 Å². The molecule has 0 radical (unpaired) electrons. The van der Waals surface area contributed by atoms with Gasteiger partial charge in [-0.25, -0.2) is 4.99 Å². The molecule has 0 spiro atoms. The predicted molar refractivity (Wildman–Crippen MR) is 111 cm³/mol. The molecule has 5 nitrogen and oxygen atoms in total. The van der Waals surface area contributed by atoms with Gasteiger partial charge in [0.25, 0.3) is 5.91 Å². The smallest absolute Gasteiger partial charge is 0.266 e. The van der Waals surface area contributed by atoms with Crippen molar-refractivity contribution in [3.63, 3.8) is 0 Å². The fraction of sp³-hybridized carbons (Fsp3) is 0.238. The molecule has 27 heavy (non-hydrogen) atoms. The summed E-state index contributed by atoms with van der Waals surface area (Å²) in [5.41, 5.74) is 1.62. The summed E-state index contributed by atoms with van der Waals surface area (Å²) < 4.78 is 10.7. The van der Waals surface area contributed by atoms with Gasteiger partial charge in [-0.3, -0.25) is 9.69 Å². The van der Waals surface area contributed by atoms with Gasteiger partial charge in [0.05, 0.1) is 24.8 Å². The van der Waals surface area contributed by atoms with Crippen molar-refractivity contribution in [3.05, 3.63) is 59.0 Å². The van der Waals surface area contributed by atoms with Gasteiger partial charge in [-0.1, -0.05) is 25.1 Å². The molecule has 0 unspecified atom stereocenters. The number of aliphatic imine (C=N–C) groups is 1. The second kappa shape index (κ2) is 8.77. The van der Waals surface area contributed by atoms with Gasteiger partial charge >= 0.3 is 0 Å². The molecule has 0 aromatic heterocycles. The van der Waals surface area contributed by atoms with E-state index in [1.807, 2.05) is 61.5 Å². The molecule has 0 bridgehead atoms. The zero-order chi connectivity index (χ0) is 19.2. The summed E-state index contributed by atoms with van der Waals surface area (Å²) in [6.45, 7) is 2.68. The summed E-state index contributed by atoms with van der Waals surface area (Å²) in [5.74, 6) is 1.36. The van der Waals surface area contributed by atoms with Crippen LogP contribution in [0.25, 0.3) is 6.08 Å². The van der Waals surface area contributed by atoms with E-state index in [2.05, 4.69) is 4.99 Å². The first kappa shape index (κ1) is 19.0. The number of ether oxygens (including phenoxy) is 2. The Hall–Kier alpha value is -2.73. The van der Waals surface area contributed by atoms with Gasteiger partial charge in [0, 0.05) is 12.1 Å². The first-order valence-corrected chi connectivity index (χ1v) is 9.55. The summed E-state index contributed by atoms with van der Waals surface area (Å²) in [5, 5.41) is 0.696. The number of carbonyl (C=O) groups is 1. The van der Waals surface area contributed by atoms with E-state index in [0.29, 0.717) is 28.1 Å². The maximum Gasteiger partial charge on any atom is 0.266 e. The average Bonchev–Trinajstić information content (AvgIpc) is 2.98. The maximum absolute atomic E-state index is 12.9. The van der Waals surface area contributed by atoms with Gasteiger partial charge in [0.1, 0.15) is 11.5 Å². The number of benzene rings is 2. The lowest BCUT2D eigenvalue weighted by atomic mass is 10.1. The van der Waals surface area contributed by atoms with Crippen LogP contribution in [0.4, 0.5) is 5.69 Å². The summed E-state index contributed by atoms with van der Waals surface area (Å²) in [6, 6.07) is 15.2. The van der Waals surface area contributed by atoms with Crippen LogP contribution in [0.1, 0.15) is 18.9 Å². The van der Waals surface area contributed by atoms with E-state index < -0.39 is 0 Å². The molecule has 1 saturated heterocycles. The fourth-order valence-corrected chi connectivity index (χ4v) is 3.73. The number of hydrogen-bond acceptors (Lipinski definition) is 5. The van der Waals surface area contributed by atoms with E-state index in [0.717, 1.165) is 17.7 Å². The maximum atomic E-state index is 12.9. The standard InChI is InChI=1S/C21H22N2O3S/c1-4-12-23-20(24)19(27-21(23)22-16-8-6-5-7-9-16)14-15-13-17(25-2)10-11-18(15)26-3/h5-11,13-14H,4,12H2,1-3H3/b19-14-,22-21?. The zero-order valence-corrected chi connectivity index (χ0v) is 16.5. The first-order chi connectivity index (χ1) is 13.2. The normalized spacial score (nSPS) is 17.0. The average molecular weight is 382 g/mol. The number of methoxy groups -OCH3 is 2. The SMILES string of the molecule is CCCN1C(=O)/C(=C/c2cc(OC)ccc2OC)SC1=Nc1ccccc1. The highest BCUT2D eigenvalue weighted by Crippen LogP contribution is 2.36. The Balaban J connectivity index is 1.98. The highest BCUT2D eigenvalue weighted by molar-refractivity contribution is 8.18. The Bertz CT molecular complexity index is 878. The lowest BCUT2D eigenvalue weighted by Crippen LogP contribution is -2.29. The first-order valence-electron chi connectivity index (χ1n) is 8.73. The van der Waals surface area contributed by atoms with Crippen molar-refractivity contribution in [3.8, 4) is 11.5 Å². The van der Waals surface area contributed by atoms with Gasteiger partial charge in [-0.05, 0) is 54.6 Å². The molecular formula is C21H22N2O3S. The van der Waals surface area contributed by atoms with E-state index in [1.54, 1.807) is 19.1 Å². The third-order valence-electron chi connectivity index (χ3n) is 4.04. The third-order valence-corrected chi connectivity index (χ3v) is 5.05. The number of hydrogen-bond donors (Lipinski definition) is 0. The Morgan fingerprint density at radius 1 is 1.11 bits per heavy atom. The molecule has 1 amide bonds. The molecule has 0 N–H and O–H groups in total. The number of para-hydroxylation sites is 1. The predicted octanol–water partition coefficient (Wildman–Crippen LogP) is 4.72. The van der Waals surface area contributed by atoms with Gasteiger partial charge in [0.15, 0.2) is 5.17 Å². The van der Waals surface area contributed by atoms with Crippen LogP contribution in [0.15, 0.2) is 58.4 Å². The van der Waals surface area contributed by atoms with Crippen molar-refractivity contribution in [1.29, 1.82) is 0 Å². The van der Waals surface area contributed by atoms with Crippen molar-refractivity contribution < 1.29 is 14.3 Å². The number of thioether (sulfide) groups is 1. The quantitative estimate of drug-likeness (QED) is 0.679. The molecule has 1 aliphatic rings. The minimum atomic E-state index is -0.0404. The number of rotatable bonds is 6. The zero-order valence-electron chi connectivity index (χ0n) is 15.6. The number of carbonyl (C=O) groups excluding carboxylic acids is 1. The molecular weight excluding hydrogens is 360 g/mol. The van der Waals surface area contributed by atoms with E-state index >= 15 is 0 Å². The van der Waals surface area contributed by atoms with Gasteiger partial charge < -0.3 is 9.47 Å². The molecule has 1 heterocycles. The Morgan fingerprint density at radius 3 is 2.56 bits per heavy atom. The van der Waals surface area contributed by atoms with E-state index in [-0.39, 0.29) is 5.91 Å². The van der Waals surface area contributed by atoms with Crippen molar-refractivity contribution in [2.75, 3.05) is 20.8 Å². The monoisotopic (exact) mass is 382 g/mol. The van der Waals surface area contributed by atoms with Crippen molar-refractivity contribution >= 4 is 34.6 Å². The highest BCUT2D eigenvalue weighted by Gasteiger charge is 2.33. The number of amidine groups is 1.